The van der Waals surface area contributed by atoms with Gasteiger partial charge >= 0.3 is 12.1 Å². The second-order valence-corrected chi connectivity index (χ2v) is 14.1. The van der Waals surface area contributed by atoms with Crippen LogP contribution < -0.4 is 4.31 Å². The summed E-state index contributed by atoms with van der Waals surface area (Å²) in [6.07, 6.45) is -0.508. The number of H-pyrrole nitrogens is 1. The van der Waals surface area contributed by atoms with E-state index in [4.69, 9.17) is 9.90 Å². The maximum absolute atomic E-state index is 13.1. The molecular formula is C26H29F3N4O4S3. The van der Waals surface area contributed by atoms with Crippen LogP contribution in [0.1, 0.15) is 31.6 Å². The molecule has 0 aliphatic heterocycles. The average molecular weight is 615 g/mol. The highest BCUT2D eigenvalue weighted by molar-refractivity contribution is 7.94. The van der Waals surface area contributed by atoms with E-state index in [0.29, 0.717) is 15.8 Å². The summed E-state index contributed by atoms with van der Waals surface area (Å²) in [6, 6.07) is 11.9. The molecule has 0 bridgehead atoms. The molecule has 3 aromatic heterocycles. The number of rotatable bonds is 9. The summed E-state index contributed by atoms with van der Waals surface area (Å²) in [6.45, 7) is 6.59. The minimum atomic E-state index is -5.08. The van der Waals surface area contributed by atoms with Gasteiger partial charge in [-0.3, -0.25) is 9.21 Å². The molecule has 216 valence electrons. The standard InChI is InChI=1S/C24H28N4O2S3.C2HF3O2/c1-16(2)14-28(18-9-10-18)15-19-13-25-24(32-19)20-12-17-6-4-7-21(23(17)26-20)27(3)33(29,30)22-8-5-11-31-22;3-2(4,5)1(6)7/h4-8,11-13,16,18,26H,9-10,14-15H2,1-3H3;(H,6,7). The number of carboxylic acid groups (broad SMARTS) is 1. The van der Waals surface area contributed by atoms with Crippen LogP contribution in [0.3, 0.4) is 0 Å². The summed E-state index contributed by atoms with van der Waals surface area (Å²) in [7, 11) is -2.00. The third-order valence-corrected chi connectivity index (χ3v) is 10.3. The Morgan fingerprint density at radius 1 is 1.23 bits per heavy atom. The number of fused-ring (bicyclic) bond motifs is 1. The number of carboxylic acids is 1. The number of nitrogens with one attached hydrogen (secondary N) is 1. The average Bonchev–Trinajstić information content (AvgIpc) is 3.26. The number of alkyl halides is 3. The summed E-state index contributed by atoms with van der Waals surface area (Å²) in [5, 5.41) is 10.8. The number of aliphatic carboxylic acids is 1. The topological polar surface area (TPSA) is 107 Å². The van der Waals surface area contributed by atoms with E-state index in [2.05, 4.69) is 34.8 Å². The van der Waals surface area contributed by atoms with E-state index in [9.17, 15) is 21.6 Å². The van der Waals surface area contributed by atoms with Crippen LogP contribution in [-0.4, -0.2) is 60.2 Å². The second kappa shape index (κ2) is 11.9. The minimum Gasteiger partial charge on any atom is -0.475 e. The number of para-hydroxylation sites is 1. The second-order valence-electron chi connectivity index (χ2n) is 9.82. The first-order valence-electron chi connectivity index (χ1n) is 12.4. The van der Waals surface area contributed by atoms with Crippen molar-refractivity contribution in [2.24, 2.45) is 5.92 Å². The zero-order chi connectivity index (χ0) is 29.2. The molecule has 1 saturated carbocycles. The number of anilines is 1. The third-order valence-electron chi connectivity index (χ3n) is 6.13. The number of aromatic amines is 1. The summed E-state index contributed by atoms with van der Waals surface area (Å²) in [4.78, 5) is 20.9. The number of thiophene rings is 1. The van der Waals surface area contributed by atoms with Crippen molar-refractivity contribution >= 4 is 55.3 Å². The lowest BCUT2D eigenvalue weighted by molar-refractivity contribution is -0.192. The van der Waals surface area contributed by atoms with Crippen LogP contribution in [0, 0.1) is 5.92 Å². The maximum atomic E-state index is 13.1. The Balaban J connectivity index is 0.000000470. The van der Waals surface area contributed by atoms with Crippen LogP contribution in [0.15, 0.2) is 52.2 Å². The van der Waals surface area contributed by atoms with Crippen molar-refractivity contribution in [1.29, 1.82) is 0 Å². The van der Waals surface area contributed by atoms with E-state index in [1.807, 2.05) is 24.4 Å². The lowest BCUT2D eigenvalue weighted by atomic mass is 10.2. The van der Waals surface area contributed by atoms with Gasteiger partial charge in [0.25, 0.3) is 10.0 Å². The Morgan fingerprint density at radius 3 is 2.50 bits per heavy atom. The molecule has 0 unspecified atom stereocenters. The Kier molecular flexibility index (Phi) is 8.93. The van der Waals surface area contributed by atoms with Gasteiger partial charge in [-0.15, -0.1) is 22.7 Å². The maximum Gasteiger partial charge on any atom is 0.490 e. The van der Waals surface area contributed by atoms with Crippen LogP contribution in [-0.2, 0) is 21.4 Å². The normalized spacial score (nSPS) is 14.0. The number of nitrogens with zero attached hydrogens (tertiary/aromatic N) is 3. The van der Waals surface area contributed by atoms with E-state index in [1.54, 1.807) is 35.9 Å². The fraction of sp³-hybridized carbons (Fsp3) is 0.385. The fourth-order valence-corrected chi connectivity index (χ4v) is 7.43. The van der Waals surface area contributed by atoms with Crippen molar-refractivity contribution in [2.45, 2.75) is 49.7 Å². The van der Waals surface area contributed by atoms with Crippen LogP contribution in [0.4, 0.5) is 18.9 Å². The molecule has 0 amide bonds. The number of carbonyl (C=O) groups is 1. The number of aromatic nitrogens is 2. The summed E-state index contributed by atoms with van der Waals surface area (Å²) in [5.74, 6) is -2.11. The van der Waals surface area contributed by atoms with Gasteiger partial charge in [-0.2, -0.15) is 13.2 Å². The summed E-state index contributed by atoms with van der Waals surface area (Å²) >= 11 is 2.93. The lowest BCUT2D eigenvalue weighted by Crippen LogP contribution is -2.29. The van der Waals surface area contributed by atoms with Crippen LogP contribution >= 0.6 is 22.7 Å². The van der Waals surface area contributed by atoms with Gasteiger partial charge in [0.1, 0.15) is 9.22 Å². The molecule has 4 aromatic rings. The van der Waals surface area contributed by atoms with E-state index in [-0.39, 0.29) is 0 Å². The molecular weight excluding hydrogens is 586 g/mol. The molecule has 0 atom stereocenters. The van der Waals surface area contributed by atoms with E-state index in [0.717, 1.165) is 40.7 Å². The summed E-state index contributed by atoms with van der Waals surface area (Å²) < 4.78 is 59.6. The monoisotopic (exact) mass is 614 g/mol. The number of benzene rings is 1. The predicted molar refractivity (Wildman–Crippen MR) is 151 cm³/mol. The molecule has 40 heavy (non-hydrogen) atoms. The SMILES string of the molecule is CC(C)CN(Cc1cnc(-c2cc3cccc(N(C)S(=O)(=O)c4cccs4)c3[nH]2)s1)C1CC1.O=C(O)C(F)(F)F. The molecule has 5 rings (SSSR count). The van der Waals surface area contributed by atoms with Gasteiger partial charge in [0.2, 0.25) is 0 Å². The first-order valence-corrected chi connectivity index (χ1v) is 15.5. The number of hydrogen-bond donors (Lipinski definition) is 2. The van der Waals surface area contributed by atoms with E-state index in [1.165, 1.54) is 33.4 Å². The number of thiazole rings is 1. The van der Waals surface area contributed by atoms with Crippen molar-refractivity contribution in [1.82, 2.24) is 14.9 Å². The van der Waals surface area contributed by atoms with Gasteiger partial charge in [-0.1, -0.05) is 32.0 Å². The zero-order valence-electron chi connectivity index (χ0n) is 22.0. The van der Waals surface area contributed by atoms with Crippen LogP contribution in [0.25, 0.3) is 21.6 Å². The van der Waals surface area contributed by atoms with Crippen molar-refractivity contribution in [2.75, 3.05) is 17.9 Å². The van der Waals surface area contributed by atoms with Crippen molar-refractivity contribution < 1.29 is 31.5 Å². The van der Waals surface area contributed by atoms with Crippen molar-refractivity contribution in [3.63, 3.8) is 0 Å². The highest BCUT2D eigenvalue weighted by Crippen LogP contribution is 2.36. The number of halogens is 3. The minimum absolute atomic E-state index is 0.333. The Labute approximate surface area is 238 Å². The van der Waals surface area contributed by atoms with Gasteiger partial charge in [0, 0.05) is 42.6 Å². The molecule has 1 fully saturated rings. The fourth-order valence-electron chi connectivity index (χ4n) is 4.15. The Morgan fingerprint density at radius 2 is 1.93 bits per heavy atom. The van der Waals surface area contributed by atoms with Crippen molar-refractivity contribution in [3.05, 3.63) is 52.9 Å². The number of hydrogen-bond acceptors (Lipinski definition) is 7. The third kappa shape index (κ3) is 7.03. The first kappa shape index (κ1) is 30.0. The summed E-state index contributed by atoms with van der Waals surface area (Å²) in [5.41, 5.74) is 2.34. The van der Waals surface area contributed by atoms with Gasteiger partial charge in [-0.05, 0) is 42.3 Å². The smallest absolute Gasteiger partial charge is 0.475 e. The molecule has 1 aromatic carbocycles. The zero-order valence-corrected chi connectivity index (χ0v) is 24.4. The molecule has 0 saturated heterocycles. The van der Waals surface area contributed by atoms with Gasteiger partial charge in [0.05, 0.1) is 16.9 Å². The highest BCUT2D eigenvalue weighted by Gasteiger charge is 2.38. The van der Waals surface area contributed by atoms with Crippen LogP contribution in [0.5, 0.6) is 0 Å². The van der Waals surface area contributed by atoms with Crippen LogP contribution in [0.2, 0.25) is 0 Å². The largest absolute Gasteiger partial charge is 0.490 e. The lowest BCUT2D eigenvalue weighted by Gasteiger charge is -2.23. The highest BCUT2D eigenvalue weighted by atomic mass is 32.2. The van der Waals surface area contributed by atoms with E-state index >= 15 is 0 Å². The Bertz CT molecular complexity index is 1560. The first-order chi connectivity index (χ1) is 18.8. The van der Waals surface area contributed by atoms with Gasteiger partial charge < -0.3 is 10.1 Å². The number of sulfonamides is 1. The van der Waals surface area contributed by atoms with E-state index < -0.39 is 22.2 Å². The molecule has 1 aliphatic carbocycles. The molecule has 0 radical (unpaired) electrons. The molecule has 2 N–H and O–H groups in total. The molecule has 0 spiro atoms. The quantitative estimate of drug-likeness (QED) is 0.225. The molecule has 8 nitrogen and oxygen atoms in total. The Hall–Kier alpha value is -2.94. The van der Waals surface area contributed by atoms with Gasteiger partial charge in [0.15, 0.2) is 0 Å². The molecule has 1 aliphatic rings. The van der Waals surface area contributed by atoms with Gasteiger partial charge in [-0.25, -0.2) is 18.2 Å². The molecule has 14 heteroatoms. The molecule has 3 heterocycles. The van der Waals surface area contributed by atoms with Crippen molar-refractivity contribution in [3.8, 4) is 10.7 Å². The predicted octanol–water partition coefficient (Wildman–Crippen LogP) is 6.43.